The van der Waals surface area contributed by atoms with Crippen LogP contribution in [0.15, 0.2) is 6.07 Å². The number of nitrogens with zero attached hydrogens (tertiary/aromatic N) is 3. The molecule has 1 aromatic heterocycles. The van der Waals surface area contributed by atoms with Crippen molar-refractivity contribution in [3.05, 3.63) is 17.6 Å². The Labute approximate surface area is 137 Å². The minimum Gasteiger partial charge on any atom is -0.381 e. The van der Waals surface area contributed by atoms with Gasteiger partial charge >= 0.3 is 0 Å². The average molecular weight is 321 g/mol. The predicted molar refractivity (Wildman–Crippen MR) is 88.3 cm³/mol. The van der Waals surface area contributed by atoms with Crippen molar-refractivity contribution in [2.24, 2.45) is 5.92 Å². The lowest BCUT2D eigenvalue weighted by Crippen LogP contribution is -2.34. The zero-order chi connectivity index (χ0) is 16.2. The summed E-state index contributed by atoms with van der Waals surface area (Å²) < 4.78 is 10.7. The van der Waals surface area contributed by atoms with E-state index in [-0.39, 0.29) is 0 Å². The molecular weight excluding hydrogens is 294 g/mol. The zero-order valence-electron chi connectivity index (χ0n) is 14.2. The van der Waals surface area contributed by atoms with Crippen molar-refractivity contribution >= 4 is 5.82 Å². The van der Waals surface area contributed by atoms with Crippen molar-refractivity contribution in [1.82, 2.24) is 20.8 Å². The highest BCUT2D eigenvalue weighted by Crippen LogP contribution is 2.26. The fourth-order valence-corrected chi connectivity index (χ4v) is 3.18. The van der Waals surface area contributed by atoms with Crippen molar-refractivity contribution in [3.63, 3.8) is 0 Å². The van der Waals surface area contributed by atoms with Gasteiger partial charge in [-0.05, 0) is 13.3 Å². The molecule has 3 unspecified atom stereocenters. The summed E-state index contributed by atoms with van der Waals surface area (Å²) in [5.41, 5.74) is 7.56. The van der Waals surface area contributed by atoms with Crippen LogP contribution in [0, 0.1) is 5.92 Å². The summed E-state index contributed by atoms with van der Waals surface area (Å²) in [4.78, 5) is 11.6. The third-order valence-corrected chi connectivity index (χ3v) is 4.70. The number of hydrazine groups is 1. The molecule has 2 aliphatic heterocycles. The molecule has 0 spiro atoms. The minimum atomic E-state index is 0.370. The smallest absolute Gasteiger partial charge is 0.156 e. The Morgan fingerprint density at radius 3 is 2.96 bits per heavy atom. The number of ether oxygens (including phenoxy) is 2. The van der Waals surface area contributed by atoms with Crippen LogP contribution in [0.5, 0.6) is 0 Å². The number of hydrogen-bond acceptors (Lipinski definition) is 7. The lowest BCUT2D eigenvalue weighted by Gasteiger charge is -2.25. The molecule has 3 rings (SSSR count). The molecule has 0 aromatic carbocycles. The van der Waals surface area contributed by atoms with Crippen LogP contribution in [0.3, 0.4) is 0 Å². The molecule has 2 aliphatic rings. The minimum absolute atomic E-state index is 0.370. The molecule has 2 fully saturated rings. The molecule has 0 radical (unpaired) electrons. The molecule has 0 saturated carbocycles. The van der Waals surface area contributed by atoms with Crippen molar-refractivity contribution < 1.29 is 9.47 Å². The van der Waals surface area contributed by atoms with E-state index in [1.54, 1.807) is 7.11 Å². The van der Waals surface area contributed by atoms with E-state index >= 15 is 0 Å². The third-order valence-electron chi connectivity index (χ3n) is 4.70. The summed E-state index contributed by atoms with van der Waals surface area (Å²) in [5, 5.41) is 0. The number of nitrogens with one attached hydrogen (secondary N) is 2. The number of rotatable bonds is 6. The number of aromatic nitrogens is 2. The fourth-order valence-electron chi connectivity index (χ4n) is 3.18. The SMILES string of the molecule is COCc1nc(C2CCOC2)cc(N(C)CC2CNNC2C)n1. The Balaban J connectivity index is 1.78. The first-order chi connectivity index (χ1) is 11.2. The number of methoxy groups -OCH3 is 1. The van der Waals surface area contributed by atoms with Crippen molar-refractivity contribution in [2.75, 3.05) is 45.4 Å². The normalized spacial score (nSPS) is 27.5. The lowest BCUT2D eigenvalue weighted by atomic mass is 10.0. The molecule has 2 N–H and O–H groups in total. The van der Waals surface area contributed by atoms with Crippen LogP contribution in [0.4, 0.5) is 5.82 Å². The molecule has 1 aromatic rings. The summed E-state index contributed by atoms with van der Waals surface area (Å²) >= 11 is 0. The van der Waals surface area contributed by atoms with Crippen LogP contribution in [-0.4, -0.2) is 56.5 Å². The van der Waals surface area contributed by atoms with Gasteiger partial charge in [-0.1, -0.05) is 0 Å². The molecular formula is C16H27N5O2. The van der Waals surface area contributed by atoms with Crippen LogP contribution in [-0.2, 0) is 16.1 Å². The van der Waals surface area contributed by atoms with Crippen LogP contribution in [0.25, 0.3) is 0 Å². The van der Waals surface area contributed by atoms with Gasteiger partial charge in [-0.2, -0.15) is 0 Å². The maximum Gasteiger partial charge on any atom is 0.156 e. The fraction of sp³-hybridized carbons (Fsp3) is 0.750. The van der Waals surface area contributed by atoms with Gasteiger partial charge in [-0.3, -0.25) is 10.9 Å². The van der Waals surface area contributed by atoms with Gasteiger partial charge in [0.05, 0.1) is 12.3 Å². The molecule has 128 valence electrons. The highest BCUT2D eigenvalue weighted by Gasteiger charge is 2.26. The average Bonchev–Trinajstić information content (AvgIpc) is 3.20. The van der Waals surface area contributed by atoms with Crippen LogP contribution < -0.4 is 15.8 Å². The van der Waals surface area contributed by atoms with E-state index in [1.165, 1.54) is 0 Å². The van der Waals surface area contributed by atoms with E-state index in [9.17, 15) is 0 Å². The molecule has 0 bridgehead atoms. The number of hydrogen-bond donors (Lipinski definition) is 2. The van der Waals surface area contributed by atoms with E-state index in [1.807, 2.05) is 0 Å². The molecule has 0 amide bonds. The second kappa shape index (κ2) is 7.53. The largest absolute Gasteiger partial charge is 0.381 e. The van der Waals surface area contributed by atoms with E-state index in [4.69, 9.17) is 9.47 Å². The molecule has 3 heterocycles. The Hall–Kier alpha value is -1.28. The predicted octanol–water partition coefficient (Wildman–Crippen LogP) is 0.676. The van der Waals surface area contributed by atoms with E-state index in [0.29, 0.717) is 24.5 Å². The molecule has 7 nitrogen and oxygen atoms in total. The summed E-state index contributed by atoms with van der Waals surface area (Å²) in [6, 6.07) is 2.57. The van der Waals surface area contributed by atoms with Gasteiger partial charge in [0.2, 0.25) is 0 Å². The quantitative estimate of drug-likeness (QED) is 0.798. The first-order valence-corrected chi connectivity index (χ1v) is 8.31. The molecule has 23 heavy (non-hydrogen) atoms. The van der Waals surface area contributed by atoms with Gasteiger partial charge < -0.3 is 14.4 Å². The van der Waals surface area contributed by atoms with Crippen molar-refractivity contribution in [3.8, 4) is 0 Å². The summed E-state index contributed by atoms with van der Waals surface area (Å²) in [7, 11) is 3.77. The summed E-state index contributed by atoms with van der Waals surface area (Å²) in [6.07, 6.45) is 1.03. The van der Waals surface area contributed by atoms with Gasteiger partial charge in [0, 0.05) is 57.8 Å². The summed E-state index contributed by atoms with van der Waals surface area (Å²) in [6.45, 7) is 6.13. The highest BCUT2D eigenvalue weighted by molar-refractivity contribution is 5.40. The van der Waals surface area contributed by atoms with Crippen LogP contribution >= 0.6 is 0 Å². The van der Waals surface area contributed by atoms with E-state index in [2.05, 4.69) is 45.8 Å². The van der Waals surface area contributed by atoms with E-state index in [0.717, 1.165) is 50.1 Å². The first kappa shape index (κ1) is 16.6. The Morgan fingerprint density at radius 2 is 2.30 bits per heavy atom. The topological polar surface area (TPSA) is 71.5 Å². The Kier molecular flexibility index (Phi) is 5.42. The Bertz CT molecular complexity index is 521. The van der Waals surface area contributed by atoms with Crippen LogP contribution in [0.1, 0.15) is 30.8 Å². The van der Waals surface area contributed by atoms with Gasteiger partial charge in [0.1, 0.15) is 12.4 Å². The molecule has 0 aliphatic carbocycles. The summed E-state index contributed by atoms with van der Waals surface area (Å²) in [5.74, 6) is 2.64. The first-order valence-electron chi connectivity index (χ1n) is 8.31. The van der Waals surface area contributed by atoms with Crippen molar-refractivity contribution in [2.45, 2.75) is 31.9 Å². The lowest BCUT2D eigenvalue weighted by molar-refractivity contribution is 0.177. The number of anilines is 1. The standard InChI is InChI=1S/C16H27N5O2/c1-11-13(7-17-20-11)8-21(2)16-6-14(12-4-5-23-9-12)18-15(19-16)10-22-3/h6,11-13,17,20H,4-5,7-10H2,1-3H3. The van der Waals surface area contributed by atoms with Gasteiger partial charge in [0.25, 0.3) is 0 Å². The molecule has 3 atom stereocenters. The Morgan fingerprint density at radius 1 is 1.43 bits per heavy atom. The molecule has 7 heteroatoms. The van der Waals surface area contributed by atoms with Gasteiger partial charge in [-0.15, -0.1) is 0 Å². The maximum atomic E-state index is 5.51. The van der Waals surface area contributed by atoms with Crippen molar-refractivity contribution in [1.29, 1.82) is 0 Å². The highest BCUT2D eigenvalue weighted by atomic mass is 16.5. The zero-order valence-corrected chi connectivity index (χ0v) is 14.2. The second-order valence-corrected chi connectivity index (χ2v) is 6.52. The van der Waals surface area contributed by atoms with Gasteiger partial charge in [-0.25, -0.2) is 9.97 Å². The van der Waals surface area contributed by atoms with Crippen LogP contribution in [0.2, 0.25) is 0 Å². The van der Waals surface area contributed by atoms with Gasteiger partial charge in [0.15, 0.2) is 5.82 Å². The monoisotopic (exact) mass is 321 g/mol. The van der Waals surface area contributed by atoms with E-state index < -0.39 is 0 Å². The molecule has 2 saturated heterocycles. The second-order valence-electron chi connectivity index (χ2n) is 6.52. The maximum absolute atomic E-state index is 5.51. The third kappa shape index (κ3) is 3.98.